The molecule has 0 fully saturated rings. The SMILES string of the molecule is O=C(NCc1csc(-c2ccccc2)n1)c1nn(-c2ccccc2)c2c1CCC2. The molecule has 1 aliphatic rings. The molecule has 0 unspecified atom stereocenters. The van der Waals surface area contributed by atoms with E-state index in [4.69, 9.17) is 0 Å². The third-order valence-corrected chi connectivity index (χ3v) is 6.09. The molecule has 5 nitrogen and oxygen atoms in total. The molecule has 1 N–H and O–H groups in total. The van der Waals surface area contributed by atoms with Gasteiger partial charge in [0, 0.05) is 22.2 Å². The Hall–Kier alpha value is -3.25. The van der Waals surface area contributed by atoms with Crippen LogP contribution in [0.5, 0.6) is 0 Å². The van der Waals surface area contributed by atoms with Gasteiger partial charge in [-0.1, -0.05) is 48.5 Å². The summed E-state index contributed by atoms with van der Waals surface area (Å²) in [5, 5.41) is 10.6. The second-order valence-electron chi connectivity index (χ2n) is 7.07. The maximum Gasteiger partial charge on any atom is 0.272 e. The van der Waals surface area contributed by atoms with Crippen LogP contribution in [-0.4, -0.2) is 20.7 Å². The number of nitrogens with one attached hydrogen (secondary N) is 1. The maximum absolute atomic E-state index is 12.9. The molecule has 29 heavy (non-hydrogen) atoms. The molecular weight excluding hydrogens is 380 g/mol. The Morgan fingerprint density at radius 1 is 1.03 bits per heavy atom. The number of hydrogen-bond acceptors (Lipinski definition) is 4. The molecule has 0 aliphatic heterocycles. The number of rotatable bonds is 5. The van der Waals surface area contributed by atoms with E-state index in [1.54, 1.807) is 11.3 Å². The van der Waals surface area contributed by atoms with E-state index < -0.39 is 0 Å². The van der Waals surface area contributed by atoms with E-state index in [1.165, 1.54) is 0 Å². The lowest BCUT2D eigenvalue weighted by molar-refractivity contribution is 0.0944. The first-order valence-corrected chi connectivity index (χ1v) is 10.6. The average Bonchev–Trinajstić information content (AvgIpc) is 3.50. The van der Waals surface area contributed by atoms with Crippen molar-refractivity contribution in [3.8, 4) is 16.3 Å². The summed E-state index contributed by atoms with van der Waals surface area (Å²) >= 11 is 1.59. The third kappa shape index (κ3) is 3.47. The molecule has 2 heterocycles. The van der Waals surface area contributed by atoms with Crippen LogP contribution in [0.4, 0.5) is 0 Å². The van der Waals surface area contributed by atoms with Gasteiger partial charge in [-0.05, 0) is 31.4 Å². The average molecular weight is 401 g/mol. The molecular formula is C23H20N4OS. The number of hydrogen-bond donors (Lipinski definition) is 1. The number of thiazole rings is 1. The van der Waals surface area contributed by atoms with Crippen molar-refractivity contribution in [2.24, 2.45) is 0 Å². The molecule has 0 saturated heterocycles. The Labute approximate surface area is 173 Å². The first kappa shape index (κ1) is 17.8. The van der Waals surface area contributed by atoms with Crippen LogP contribution in [0, 0.1) is 0 Å². The van der Waals surface area contributed by atoms with Crippen molar-refractivity contribution in [3.63, 3.8) is 0 Å². The molecule has 4 aromatic rings. The fourth-order valence-electron chi connectivity index (χ4n) is 3.76. The second-order valence-corrected chi connectivity index (χ2v) is 7.93. The third-order valence-electron chi connectivity index (χ3n) is 5.15. The van der Waals surface area contributed by atoms with E-state index >= 15 is 0 Å². The van der Waals surface area contributed by atoms with Crippen LogP contribution in [0.25, 0.3) is 16.3 Å². The minimum Gasteiger partial charge on any atom is -0.345 e. The van der Waals surface area contributed by atoms with Crippen molar-refractivity contribution in [2.75, 3.05) is 0 Å². The van der Waals surface area contributed by atoms with Gasteiger partial charge in [0.05, 0.1) is 17.9 Å². The number of amides is 1. The molecule has 0 radical (unpaired) electrons. The van der Waals surface area contributed by atoms with Crippen LogP contribution in [0.3, 0.4) is 0 Å². The number of carbonyl (C=O) groups is 1. The number of benzene rings is 2. The van der Waals surface area contributed by atoms with Crippen LogP contribution >= 0.6 is 11.3 Å². The highest BCUT2D eigenvalue weighted by molar-refractivity contribution is 7.13. The molecule has 144 valence electrons. The van der Waals surface area contributed by atoms with E-state index in [1.807, 2.05) is 70.7 Å². The van der Waals surface area contributed by atoms with Gasteiger partial charge in [-0.15, -0.1) is 11.3 Å². The Morgan fingerprint density at radius 2 is 1.79 bits per heavy atom. The summed E-state index contributed by atoms with van der Waals surface area (Å²) in [6.45, 7) is 0.398. The summed E-state index contributed by atoms with van der Waals surface area (Å²) in [4.78, 5) is 17.5. The highest BCUT2D eigenvalue weighted by atomic mass is 32.1. The zero-order valence-electron chi connectivity index (χ0n) is 15.8. The Morgan fingerprint density at radius 3 is 2.59 bits per heavy atom. The highest BCUT2D eigenvalue weighted by Gasteiger charge is 2.26. The largest absolute Gasteiger partial charge is 0.345 e. The van der Waals surface area contributed by atoms with Gasteiger partial charge < -0.3 is 5.32 Å². The number of nitrogens with zero attached hydrogens (tertiary/aromatic N) is 3. The molecule has 1 amide bonds. The summed E-state index contributed by atoms with van der Waals surface area (Å²) < 4.78 is 1.92. The van der Waals surface area contributed by atoms with Gasteiger partial charge in [0.25, 0.3) is 5.91 Å². The zero-order valence-corrected chi connectivity index (χ0v) is 16.7. The van der Waals surface area contributed by atoms with E-state index in [0.29, 0.717) is 12.2 Å². The van der Waals surface area contributed by atoms with Gasteiger partial charge in [0.1, 0.15) is 5.01 Å². The summed E-state index contributed by atoms with van der Waals surface area (Å²) in [5.41, 5.74) is 5.73. The maximum atomic E-state index is 12.9. The van der Waals surface area contributed by atoms with Crippen LogP contribution in [0.15, 0.2) is 66.0 Å². The summed E-state index contributed by atoms with van der Waals surface area (Å²) in [5.74, 6) is -0.132. The van der Waals surface area contributed by atoms with Gasteiger partial charge in [-0.2, -0.15) is 5.10 Å². The van der Waals surface area contributed by atoms with Crippen LogP contribution in [-0.2, 0) is 19.4 Å². The fourth-order valence-corrected chi connectivity index (χ4v) is 4.58. The molecule has 0 spiro atoms. The summed E-state index contributed by atoms with van der Waals surface area (Å²) in [6, 6.07) is 20.1. The van der Waals surface area contributed by atoms with Crippen LogP contribution in [0.2, 0.25) is 0 Å². The quantitative estimate of drug-likeness (QED) is 0.540. The van der Waals surface area contributed by atoms with Gasteiger partial charge >= 0.3 is 0 Å². The lowest BCUT2D eigenvalue weighted by atomic mass is 10.2. The minimum atomic E-state index is -0.132. The van der Waals surface area contributed by atoms with E-state index in [-0.39, 0.29) is 5.91 Å². The van der Waals surface area contributed by atoms with Gasteiger partial charge in [-0.3, -0.25) is 4.79 Å². The Kier molecular flexibility index (Phi) is 4.69. The lowest BCUT2D eigenvalue weighted by Crippen LogP contribution is -2.24. The number of para-hydroxylation sites is 1. The molecule has 6 heteroatoms. The number of aromatic nitrogens is 3. The Bertz CT molecular complexity index is 1150. The van der Waals surface area contributed by atoms with E-state index in [9.17, 15) is 4.79 Å². The van der Waals surface area contributed by atoms with Crippen molar-refractivity contribution >= 4 is 17.2 Å². The predicted molar refractivity (Wildman–Crippen MR) is 114 cm³/mol. The molecule has 2 aromatic carbocycles. The minimum absolute atomic E-state index is 0.132. The molecule has 0 saturated carbocycles. The number of carbonyl (C=O) groups excluding carboxylic acids is 1. The van der Waals surface area contributed by atoms with Crippen LogP contribution in [0.1, 0.15) is 33.9 Å². The van der Waals surface area contributed by atoms with Crippen molar-refractivity contribution in [1.82, 2.24) is 20.1 Å². The standard InChI is InChI=1S/C23H20N4OS/c28-22(24-14-17-15-29-23(25-17)16-8-3-1-4-9-16)21-19-12-7-13-20(19)27(26-21)18-10-5-2-6-11-18/h1-6,8-11,15H,7,12-14H2,(H,24,28). The van der Waals surface area contributed by atoms with Gasteiger partial charge in [0.2, 0.25) is 0 Å². The van der Waals surface area contributed by atoms with E-state index in [2.05, 4.69) is 15.4 Å². The Balaban J connectivity index is 1.34. The predicted octanol–water partition coefficient (Wildman–Crippen LogP) is 4.41. The zero-order chi connectivity index (χ0) is 19.6. The van der Waals surface area contributed by atoms with Crippen LogP contribution < -0.4 is 5.32 Å². The number of fused-ring (bicyclic) bond motifs is 1. The first-order valence-electron chi connectivity index (χ1n) is 9.74. The lowest BCUT2D eigenvalue weighted by Gasteiger charge is -2.05. The van der Waals surface area contributed by atoms with Crippen molar-refractivity contribution < 1.29 is 4.79 Å². The normalized spacial score (nSPS) is 12.7. The van der Waals surface area contributed by atoms with E-state index in [0.717, 1.165) is 52.5 Å². The second kappa shape index (κ2) is 7.64. The molecule has 2 aromatic heterocycles. The smallest absolute Gasteiger partial charge is 0.272 e. The molecule has 0 atom stereocenters. The summed E-state index contributed by atoms with van der Waals surface area (Å²) in [7, 11) is 0. The topological polar surface area (TPSA) is 59.8 Å². The fraction of sp³-hybridized carbons (Fsp3) is 0.174. The molecule has 0 bridgehead atoms. The molecule has 5 rings (SSSR count). The van der Waals surface area contributed by atoms with Gasteiger partial charge in [0.15, 0.2) is 5.69 Å². The summed E-state index contributed by atoms with van der Waals surface area (Å²) in [6.07, 6.45) is 2.92. The molecule has 1 aliphatic carbocycles. The first-order chi connectivity index (χ1) is 14.3. The van der Waals surface area contributed by atoms with Crippen molar-refractivity contribution in [1.29, 1.82) is 0 Å². The van der Waals surface area contributed by atoms with Gasteiger partial charge in [-0.25, -0.2) is 9.67 Å². The van der Waals surface area contributed by atoms with Crippen molar-refractivity contribution in [2.45, 2.75) is 25.8 Å². The van der Waals surface area contributed by atoms with Crippen molar-refractivity contribution in [3.05, 3.63) is 88.7 Å². The monoisotopic (exact) mass is 400 g/mol. The highest BCUT2D eigenvalue weighted by Crippen LogP contribution is 2.28.